The van der Waals surface area contributed by atoms with Crippen LogP contribution in [0.5, 0.6) is 0 Å². The lowest BCUT2D eigenvalue weighted by Crippen LogP contribution is -2.22. The quantitative estimate of drug-likeness (QED) is 0.793. The highest BCUT2D eigenvalue weighted by Crippen LogP contribution is 2.25. The van der Waals surface area contributed by atoms with Crippen molar-refractivity contribution < 1.29 is 14.3 Å². The van der Waals surface area contributed by atoms with Crippen LogP contribution in [0.3, 0.4) is 0 Å². The summed E-state index contributed by atoms with van der Waals surface area (Å²) in [5.74, 6) is -0.731. The van der Waals surface area contributed by atoms with Crippen LogP contribution in [0.25, 0.3) is 0 Å². The maximum atomic E-state index is 12.1. The second-order valence-electron chi connectivity index (χ2n) is 7.01. The number of esters is 1. The van der Waals surface area contributed by atoms with Crippen molar-refractivity contribution in [2.45, 2.75) is 33.1 Å². The third kappa shape index (κ3) is 5.09. The maximum Gasteiger partial charge on any atom is 0.310 e. The number of carbonyl (C=O) groups excluding carboxylic acids is 2. The molecule has 5 nitrogen and oxygen atoms in total. The Balaban J connectivity index is 1.50. The van der Waals surface area contributed by atoms with Gasteiger partial charge < -0.3 is 15.0 Å². The molecule has 0 saturated carbocycles. The monoisotopic (exact) mass is 366 g/mol. The fraction of sp³-hybridized carbons (Fsp3) is 0.364. The van der Waals surface area contributed by atoms with E-state index in [2.05, 4.69) is 16.3 Å². The van der Waals surface area contributed by atoms with E-state index in [0.717, 1.165) is 35.5 Å². The lowest BCUT2D eigenvalue weighted by molar-refractivity contribution is -0.146. The fourth-order valence-corrected chi connectivity index (χ4v) is 3.31. The van der Waals surface area contributed by atoms with Crippen LogP contribution in [0.4, 0.5) is 11.4 Å². The number of aryl methyl sites for hydroxylation is 2. The number of nitrogens with zero attached hydrogens (tertiary/aromatic N) is 1. The third-order valence-electron chi connectivity index (χ3n) is 4.92. The first kappa shape index (κ1) is 19.0. The summed E-state index contributed by atoms with van der Waals surface area (Å²) in [7, 11) is 0. The molecular formula is C22H26N2O3. The highest BCUT2D eigenvalue weighted by molar-refractivity contribution is 5.93. The molecule has 27 heavy (non-hydrogen) atoms. The van der Waals surface area contributed by atoms with E-state index in [0.29, 0.717) is 0 Å². The summed E-state index contributed by atoms with van der Waals surface area (Å²) in [5, 5.41) is 2.82. The zero-order valence-corrected chi connectivity index (χ0v) is 16.0. The van der Waals surface area contributed by atoms with Gasteiger partial charge in [-0.15, -0.1) is 0 Å². The summed E-state index contributed by atoms with van der Waals surface area (Å²) in [4.78, 5) is 26.5. The number of amides is 1. The molecule has 3 rings (SSSR count). The number of rotatable bonds is 6. The van der Waals surface area contributed by atoms with E-state index in [1.54, 1.807) is 0 Å². The fourth-order valence-electron chi connectivity index (χ4n) is 3.31. The van der Waals surface area contributed by atoms with Crippen LogP contribution in [0.2, 0.25) is 0 Å². The van der Waals surface area contributed by atoms with Gasteiger partial charge in [-0.25, -0.2) is 0 Å². The van der Waals surface area contributed by atoms with Crippen molar-refractivity contribution in [1.82, 2.24) is 0 Å². The van der Waals surface area contributed by atoms with Crippen LogP contribution in [0, 0.1) is 13.8 Å². The minimum atomic E-state index is -0.402. The van der Waals surface area contributed by atoms with Gasteiger partial charge >= 0.3 is 5.97 Å². The second kappa shape index (κ2) is 8.71. The van der Waals surface area contributed by atoms with Crippen molar-refractivity contribution in [3.63, 3.8) is 0 Å². The van der Waals surface area contributed by atoms with Gasteiger partial charge in [-0.2, -0.15) is 0 Å². The molecule has 0 atom stereocenters. The number of hydrogen-bond donors (Lipinski definition) is 1. The number of carbonyl (C=O) groups is 2. The molecular weight excluding hydrogens is 340 g/mol. The van der Waals surface area contributed by atoms with Gasteiger partial charge in [-0.05, 0) is 61.6 Å². The van der Waals surface area contributed by atoms with Crippen molar-refractivity contribution in [2.75, 3.05) is 29.9 Å². The highest BCUT2D eigenvalue weighted by Gasteiger charge is 2.14. The zero-order chi connectivity index (χ0) is 19.2. The van der Waals surface area contributed by atoms with Crippen molar-refractivity contribution in [3.8, 4) is 0 Å². The first-order chi connectivity index (χ1) is 13.0. The van der Waals surface area contributed by atoms with E-state index in [1.807, 2.05) is 50.2 Å². The number of hydrogen-bond acceptors (Lipinski definition) is 4. The predicted molar refractivity (Wildman–Crippen MR) is 107 cm³/mol. The number of ether oxygens (including phenoxy) is 1. The molecule has 0 spiro atoms. The van der Waals surface area contributed by atoms with Gasteiger partial charge in [0.15, 0.2) is 6.61 Å². The van der Waals surface area contributed by atoms with Crippen LogP contribution in [0.15, 0.2) is 42.5 Å². The van der Waals surface area contributed by atoms with Crippen LogP contribution < -0.4 is 10.2 Å². The summed E-state index contributed by atoms with van der Waals surface area (Å²) < 4.78 is 5.12. The molecule has 0 aliphatic carbocycles. The summed E-state index contributed by atoms with van der Waals surface area (Å²) in [6.45, 7) is 5.81. The minimum absolute atomic E-state index is 0.170. The minimum Gasteiger partial charge on any atom is -0.455 e. The highest BCUT2D eigenvalue weighted by atomic mass is 16.5. The SMILES string of the molecule is Cc1ccccc1CC(=O)OCC(=O)Nc1ccc(N2CCCC2)cc1C. The molecule has 1 fully saturated rings. The predicted octanol–water partition coefficient (Wildman–Crippen LogP) is 3.63. The van der Waals surface area contributed by atoms with Gasteiger partial charge in [0.05, 0.1) is 6.42 Å². The number of benzene rings is 2. The summed E-state index contributed by atoms with van der Waals surface area (Å²) in [6.07, 6.45) is 2.63. The third-order valence-corrected chi connectivity index (χ3v) is 4.92. The van der Waals surface area contributed by atoms with Crippen LogP contribution in [0.1, 0.15) is 29.5 Å². The Hall–Kier alpha value is -2.82. The van der Waals surface area contributed by atoms with E-state index in [-0.39, 0.29) is 18.9 Å². The van der Waals surface area contributed by atoms with Gasteiger partial charge in [-0.3, -0.25) is 9.59 Å². The molecule has 1 heterocycles. The molecule has 2 aromatic rings. The molecule has 1 aliphatic rings. The first-order valence-electron chi connectivity index (χ1n) is 9.38. The molecule has 5 heteroatoms. The smallest absolute Gasteiger partial charge is 0.310 e. The average Bonchev–Trinajstić information content (AvgIpc) is 3.18. The van der Waals surface area contributed by atoms with Crippen molar-refractivity contribution in [3.05, 3.63) is 59.2 Å². The molecule has 0 bridgehead atoms. The first-order valence-corrected chi connectivity index (χ1v) is 9.38. The number of nitrogens with one attached hydrogen (secondary N) is 1. The zero-order valence-electron chi connectivity index (χ0n) is 16.0. The van der Waals surface area contributed by atoms with Gasteiger partial charge in [0.1, 0.15) is 0 Å². The normalized spacial score (nSPS) is 13.5. The Morgan fingerprint density at radius 2 is 1.78 bits per heavy atom. The van der Waals surface area contributed by atoms with Crippen molar-refractivity contribution in [2.24, 2.45) is 0 Å². The average molecular weight is 366 g/mol. The van der Waals surface area contributed by atoms with Crippen LogP contribution >= 0.6 is 0 Å². The van der Waals surface area contributed by atoms with E-state index < -0.39 is 5.97 Å². The molecule has 0 aromatic heterocycles. The Bertz CT molecular complexity index is 826. The largest absolute Gasteiger partial charge is 0.455 e. The molecule has 1 saturated heterocycles. The van der Waals surface area contributed by atoms with Crippen molar-refractivity contribution in [1.29, 1.82) is 0 Å². The summed E-state index contributed by atoms with van der Waals surface area (Å²) in [5.41, 5.74) is 4.88. The van der Waals surface area contributed by atoms with E-state index >= 15 is 0 Å². The van der Waals surface area contributed by atoms with Gasteiger partial charge in [0.25, 0.3) is 5.91 Å². The molecule has 142 valence electrons. The lowest BCUT2D eigenvalue weighted by atomic mass is 10.1. The van der Waals surface area contributed by atoms with Crippen LogP contribution in [-0.4, -0.2) is 31.6 Å². The van der Waals surface area contributed by atoms with Gasteiger partial charge in [-0.1, -0.05) is 24.3 Å². The van der Waals surface area contributed by atoms with E-state index in [9.17, 15) is 9.59 Å². The second-order valence-corrected chi connectivity index (χ2v) is 7.01. The summed E-state index contributed by atoms with van der Waals surface area (Å²) in [6, 6.07) is 13.7. The Kier molecular flexibility index (Phi) is 6.12. The molecule has 0 radical (unpaired) electrons. The molecule has 1 N–H and O–H groups in total. The molecule has 2 aromatic carbocycles. The molecule has 1 amide bonds. The Labute approximate surface area is 160 Å². The number of anilines is 2. The van der Waals surface area contributed by atoms with E-state index in [4.69, 9.17) is 4.74 Å². The van der Waals surface area contributed by atoms with Crippen molar-refractivity contribution >= 4 is 23.3 Å². The van der Waals surface area contributed by atoms with Gasteiger partial charge in [0, 0.05) is 24.5 Å². The van der Waals surface area contributed by atoms with Gasteiger partial charge in [0.2, 0.25) is 0 Å². The Morgan fingerprint density at radius 1 is 1.04 bits per heavy atom. The topological polar surface area (TPSA) is 58.6 Å². The molecule has 1 aliphatic heterocycles. The Morgan fingerprint density at radius 3 is 2.48 bits per heavy atom. The maximum absolute atomic E-state index is 12.1. The summed E-state index contributed by atoms with van der Waals surface area (Å²) >= 11 is 0. The standard InChI is InChI=1S/C22H26N2O3/c1-16-7-3-4-8-18(16)14-22(26)27-15-21(25)23-20-10-9-19(13-17(20)2)24-11-5-6-12-24/h3-4,7-10,13H,5-6,11-12,14-15H2,1-2H3,(H,23,25). The molecule has 0 unspecified atom stereocenters. The van der Waals surface area contributed by atoms with E-state index in [1.165, 1.54) is 18.5 Å². The van der Waals surface area contributed by atoms with Crippen LogP contribution in [-0.2, 0) is 20.7 Å². The lowest BCUT2D eigenvalue weighted by Gasteiger charge is -2.19.